The van der Waals surface area contributed by atoms with E-state index in [4.69, 9.17) is 10.00 Å². The number of nitrogens with zero attached hydrogens (tertiary/aromatic N) is 2. The van der Waals surface area contributed by atoms with Gasteiger partial charge in [-0.05, 0) is 36.8 Å². The largest absolute Gasteiger partial charge is 0.494 e. The molecule has 0 aromatic heterocycles. The van der Waals surface area contributed by atoms with Gasteiger partial charge in [0.15, 0.2) is 0 Å². The Bertz CT molecular complexity index is 678. The van der Waals surface area contributed by atoms with Gasteiger partial charge in [-0.3, -0.25) is 0 Å². The standard InChI is InChI=1S/C18H16N2O/c1-14-5-7-18(8-6-14)21-10-9-17(13-20)16-4-2-3-15(11-16)12-19/h2-8,11,17H,9-10H2,1H3. The van der Waals surface area contributed by atoms with Crippen LogP contribution in [0.25, 0.3) is 0 Å². The molecule has 0 aliphatic rings. The first kappa shape index (κ1) is 14.6. The number of aryl methyl sites for hydroxylation is 1. The minimum absolute atomic E-state index is 0.260. The fraction of sp³-hybridized carbons (Fsp3) is 0.222. The fourth-order valence-corrected chi connectivity index (χ4v) is 2.06. The van der Waals surface area contributed by atoms with Crippen molar-refractivity contribution in [3.63, 3.8) is 0 Å². The maximum Gasteiger partial charge on any atom is 0.119 e. The summed E-state index contributed by atoms with van der Waals surface area (Å²) in [5, 5.41) is 18.2. The highest BCUT2D eigenvalue weighted by Crippen LogP contribution is 2.21. The molecule has 1 unspecified atom stereocenters. The number of nitriles is 2. The van der Waals surface area contributed by atoms with Crippen LogP contribution in [-0.2, 0) is 0 Å². The summed E-state index contributed by atoms with van der Waals surface area (Å²) in [6, 6.07) is 19.4. The Morgan fingerprint density at radius 1 is 1.10 bits per heavy atom. The van der Waals surface area contributed by atoms with E-state index in [0.717, 1.165) is 11.3 Å². The van der Waals surface area contributed by atoms with Crippen molar-refractivity contribution in [2.45, 2.75) is 19.3 Å². The number of rotatable bonds is 5. The van der Waals surface area contributed by atoms with Crippen molar-refractivity contribution < 1.29 is 4.74 Å². The lowest BCUT2D eigenvalue weighted by Gasteiger charge is -2.11. The highest BCUT2D eigenvalue weighted by Gasteiger charge is 2.11. The van der Waals surface area contributed by atoms with E-state index >= 15 is 0 Å². The molecule has 0 fully saturated rings. The Labute approximate surface area is 125 Å². The van der Waals surface area contributed by atoms with E-state index in [0.29, 0.717) is 18.6 Å². The topological polar surface area (TPSA) is 56.8 Å². The normalized spacial score (nSPS) is 11.2. The Kier molecular flexibility index (Phi) is 4.96. The van der Waals surface area contributed by atoms with Gasteiger partial charge in [0.05, 0.1) is 30.2 Å². The summed E-state index contributed by atoms with van der Waals surface area (Å²) >= 11 is 0. The molecule has 104 valence electrons. The SMILES string of the molecule is Cc1ccc(OCCC(C#N)c2cccc(C#N)c2)cc1. The summed E-state index contributed by atoms with van der Waals surface area (Å²) in [4.78, 5) is 0. The van der Waals surface area contributed by atoms with E-state index in [1.807, 2.05) is 37.3 Å². The number of hydrogen-bond acceptors (Lipinski definition) is 3. The number of hydrogen-bond donors (Lipinski definition) is 0. The molecular weight excluding hydrogens is 260 g/mol. The average molecular weight is 276 g/mol. The summed E-state index contributed by atoms with van der Waals surface area (Å²) in [6.45, 7) is 2.50. The van der Waals surface area contributed by atoms with E-state index in [2.05, 4.69) is 12.1 Å². The Morgan fingerprint density at radius 2 is 1.86 bits per heavy atom. The van der Waals surface area contributed by atoms with Crippen LogP contribution < -0.4 is 4.74 Å². The van der Waals surface area contributed by atoms with Crippen LogP contribution in [0.1, 0.15) is 29.0 Å². The minimum atomic E-state index is -0.260. The van der Waals surface area contributed by atoms with Gasteiger partial charge in [0.25, 0.3) is 0 Å². The van der Waals surface area contributed by atoms with Crippen LogP contribution in [0.5, 0.6) is 5.75 Å². The molecule has 2 aromatic carbocycles. The van der Waals surface area contributed by atoms with Gasteiger partial charge >= 0.3 is 0 Å². The first-order chi connectivity index (χ1) is 10.2. The van der Waals surface area contributed by atoms with Crippen LogP contribution in [0.15, 0.2) is 48.5 Å². The summed E-state index contributed by atoms with van der Waals surface area (Å²) in [7, 11) is 0. The average Bonchev–Trinajstić information content (AvgIpc) is 2.53. The molecule has 2 rings (SSSR count). The van der Waals surface area contributed by atoms with Gasteiger partial charge in [-0.25, -0.2) is 0 Å². The maximum absolute atomic E-state index is 9.29. The minimum Gasteiger partial charge on any atom is -0.494 e. The molecule has 0 heterocycles. The highest BCUT2D eigenvalue weighted by molar-refractivity contribution is 5.36. The van der Waals surface area contributed by atoms with Crippen LogP contribution in [0.2, 0.25) is 0 Å². The molecule has 0 amide bonds. The molecule has 1 atom stereocenters. The second kappa shape index (κ2) is 7.12. The van der Waals surface area contributed by atoms with Crippen molar-refractivity contribution >= 4 is 0 Å². The third-order valence-electron chi connectivity index (χ3n) is 3.27. The first-order valence-corrected chi connectivity index (χ1v) is 6.82. The van der Waals surface area contributed by atoms with Crippen LogP contribution in [0.4, 0.5) is 0 Å². The molecule has 21 heavy (non-hydrogen) atoms. The van der Waals surface area contributed by atoms with Crippen molar-refractivity contribution in [3.05, 3.63) is 65.2 Å². The van der Waals surface area contributed by atoms with E-state index < -0.39 is 0 Å². The first-order valence-electron chi connectivity index (χ1n) is 6.82. The van der Waals surface area contributed by atoms with Gasteiger partial charge in [-0.15, -0.1) is 0 Å². The maximum atomic E-state index is 9.29. The number of benzene rings is 2. The summed E-state index contributed by atoms with van der Waals surface area (Å²) in [6.07, 6.45) is 0.596. The fourth-order valence-electron chi connectivity index (χ4n) is 2.06. The van der Waals surface area contributed by atoms with Crippen LogP contribution in [0, 0.1) is 29.6 Å². The van der Waals surface area contributed by atoms with E-state index in [1.165, 1.54) is 5.56 Å². The lowest BCUT2D eigenvalue weighted by atomic mass is 9.96. The van der Waals surface area contributed by atoms with E-state index in [9.17, 15) is 5.26 Å². The van der Waals surface area contributed by atoms with Crippen molar-refractivity contribution in [1.29, 1.82) is 10.5 Å². The molecular formula is C18H16N2O. The zero-order valence-corrected chi connectivity index (χ0v) is 11.9. The Hall–Kier alpha value is -2.78. The Morgan fingerprint density at radius 3 is 2.52 bits per heavy atom. The lowest BCUT2D eigenvalue weighted by molar-refractivity contribution is 0.306. The van der Waals surface area contributed by atoms with Gasteiger partial charge in [0.1, 0.15) is 5.75 Å². The van der Waals surface area contributed by atoms with Gasteiger partial charge in [-0.1, -0.05) is 29.8 Å². The van der Waals surface area contributed by atoms with Gasteiger partial charge in [0, 0.05) is 6.42 Å². The van der Waals surface area contributed by atoms with E-state index in [1.54, 1.807) is 18.2 Å². The van der Waals surface area contributed by atoms with Crippen molar-refractivity contribution in [3.8, 4) is 17.9 Å². The third kappa shape index (κ3) is 4.09. The summed E-state index contributed by atoms with van der Waals surface area (Å²) in [5.74, 6) is 0.548. The third-order valence-corrected chi connectivity index (χ3v) is 3.27. The monoisotopic (exact) mass is 276 g/mol. The summed E-state index contributed by atoms with van der Waals surface area (Å²) < 4.78 is 5.66. The molecule has 0 radical (unpaired) electrons. The highest BCUT2D eigenvalue weighted by atomic mass is 16.5. The molecule has 0 bridgehead atoms. The van der Waals surface area contributed by atoms with Crippen molar-refractivity contribution in [2.24, 2.45) is 0 Å². The van der Waals surface area contributed by atoms with Crippen LogP contribution in [-0.4, -0.2) is 6.61 Å². The zero-order chi connectivity index (χ0) is 15.1. The Balaban J connectivity index is 1.95. The second-order valence-electron chi connectivity index (χ2n) is 4.87. The molecule has 0 spiro atoms. The van der Waals surface area contributed by atoms with Crippen LogP contribution >= 0.6 is 0 Å². The number of ether oxygens (including phenoxy) is 1. The molecule has 3 nitrogen and oxygen atoms in total. The molecule has 3 heteroatoms. The predicted molar refractivity (Wildman–Crippen MR) is 80.8 cm³/mol. The molecule has 0 N–H and O–H groups in total. The smallest absolute Gasteiger partial charge is 0.119 e. The lowest BCUT2D eigenvalue weighted by Crippen LogP contribution is -2.04. The summed E-state index contributed by atoms with van der Waals surface area (Å²) in [5.41, 5.74) is 2.63. The van der Waals surface area contributed by atoms with Gasteiger partial charge < -0.3 is 4.74 Å². The molecule has 2 aromatic rings. The van der Waals surface area contributed by atoms with Crippen molar-refractivity contribution in [1.82, 2.24) is 0 Å². The molecule has 0 saturated carbocycles. The van der Waals surface area contributed by atoms with Crippen molar-refractivity contribution in [2.75, 3.05) is 6.61 Å². The van der Waals surface area contributed by atoms with Gasteiger partial charge in [0.2, 0.25) is 0 Å². The molecule has 0 aliphatic heterocycles. The van der Waals surface area contributed by atoms with Gasteiger partial charge in [-0.2, -0.15) is 10.5 Å². The predicted octanol–water partition coefficient (Wildman–Crippen LogP) is 3.94. The second-order valence-corrected chi connectivity index (χ2v) is 4.87. The zero-order valence-electron chi connectivity index (χ0n) is 11.9. The quantitative estimate of drug-likeness (QED) is 0.831. The molecule has 0 aliphatic carbocycles. The van der Waals surface area contributed by atoms with Crippen LogP contribution in [0.3, 0.4) is 0 Å². The molecule has 0 saturated heterocycles. The van der Waals surface area contributed by atoms with E-state index in [-0.39, 0.29) is 5.92 Å².